The molecule has 0 rings (SSSR count). The van der Waals surface area contributed by atoms with E-state index in [0.717, 1.165) is 30.4 Å². The molecule has 0 aliphatic rings. The topological polar surface area (TPSA) is 207 Å². The van der Waals surface area contributed by atoms with Crippen LogP contribution in [0.1, 0.15) is 0 Å². The lowest BCUT2D eigenvalue weighted by atomic mass is 9.90. The van der Waals surface area contributed by atoms with Crippen molar-refractivity contribution in [2.75, 3.05) is 52.9 Å². The molecular formula is C25H33O15P. The second kappa shape index (κ2) is 18.5. The fraction of sp³-hybridized carbons (Fsp3) is 0.400. The molecule has 0 saturated carbocycles. The van der Waals surface area contributed by atoms with Gasteiger partial charge in [-0.25, -0.2) is 28.5 Å². The first kappa shape index (κ1) is 37.1. The van der Waals surface area contributed by atoms with Crippen molar-refractivity contribution in [3.63, 3.8) is 0 Å². The van der Waals surface area contributed by atoms with E-state index >= 15 is 0 Å². The van der Waals surface area contributed by atoms with Crippen molar-refractivity contribution < 1.29 is 71.3 Å². The van der Waals surface area contributed by atoms with Crippen LogP contribution in [-0.4, -0.2) is 92.5 Å². The van der Waals surface area contributed by atoms with E-state index in [9.17, 15) is 38.3 Å². The van der Waals surface area contributed by atoms with Crippen LogP contribution in [0.15, 0.2) is 63.3 Å². The van der Waals surface area contributed by atoms with Crippen LogP contribution < -0.4 is 0 Å². The Morgan fingerprint density at radius 1 is 0.512 bits per heavy atom. The highest BCUT2D eigenvalue weighted by Gasteiger charge is 2.41. The van der Waals surface area contributed by atoms with Gasteiger partial charge in [-0.05, 0) is 0 Å². The van der Waals surface area contributed by atoms with Gasteiger partial charge in [0.15, 0.2) is 0 Å². The second-order valence-electron chi connectivity index (χ2n) is 8.32. The lowest BCUT2D eigenvalue weighted by Gasteiger charge is -2.35. The Kier molecular flexibility index (Phi) is 16.7. The number of carbonyl (C=O) groups is 5. The van der Waals surface area contributed by atoms with Crippen LogP contribution in [0.4, 0.5) is 0 Å². The van der Waals surface area contributed by atoms with Gasteiger partial charge in [-0.2, -0.15) is 0 Å². The van der Waals surface area contributed by atoms with Crippen molar-refractivity contribution >= 4 is 37.7 Å². The van der Waals surface area contributed by atoms with E-state index in [1.54, 1.807) is 0 Å². The number of phosphoric ester groups is 1. The molecule has 0 aromatic rings. The Balaban J connectivity index is 6.33. The lowest BCUT2D eigenvalue weighted by Crippen LogP contribution is -2.46. The van der Waals surface area contributed by atoms with Crippen LogP contribution in [0.3, 0.4) is 0 Å². The first-order valence-electron chi connectivity index (χ1n) is 11.4. The predicted octanol–water partition coefficient (Wildman–Crippen LogP) is 0.731. The average Bonchev–Trinajstić information content (AvgIpc) is 2.96. The van der Waals surface area contributed by atoms with Gasteiger partial charge in [0.1, 0.15) is 33.0 Å². The summed E-state index contributed by atoms with van der Waals surface area (Å²) in [6, 6.07) is 0. The largest absolute Gasteiger partial charge is 0.469 e. The standard InChI is InChI=1S/C25H33O15P/c1-6-19(26)35-13-24(14-36-20(27)7-2,15-37-21(28)8-3)11-34-12-25(16-38-22(29)9-4,17-39-23(30)10-5)18-40-41(31,32)33/h6-10H,1-5,11-18H2,(H2,31,32,33). The van der Waals surface area contributed by atoms with E-state index in [-0.39, 0.29) is 0 Å². The summed E-state index contributed by atoms with van der Waals surface area (Å²) in [6.07, 6.45) is 4.18. The summed E-state index contributed by atoms with van der Waals surface area (Å²) in [4.78, 5) is 77.3. The van der Waals surface area contributed by atoms with Crippen molar-refractivity contribution in [2.24, 2.45) is 10.8 Å². The highest BCUT2D eigenvalue weighted by atomic mass is 31.2. The second-order valence-corrected chi connectivity index (χ2v) is 9.56. The molecule has 0 aromatic carbocycles. The van der Waals surface area contributed by atoms with E-state index in [2.05, 4.69) is 37.4 Å². The smallest absolute Gasteiger partial charge is 0.462 e. The molecule has 228 valence electrons. The molecule has 0 unspecified atom stereocenters. The molecule has 16 heteroatoms. The molecule has 0 bridgehead atoms. The van der Waals surface area contributed by atoms with Gasteiger partial charge in [-0.3, -0.25) is 4.52 Å². The zero-order valence-electron chi connectivity index (χ0n) is 22.2. The molecule has 0 aliphatic carbocycles. The minimum absolute atomic E-state index is 0.519. The normalized spacial score (nSPS) is 11.3. The van der Waals surface area contributed by atoms with Gasteiger partial charge < -0.3 is 38.2 Å². The molecular weight excluding hydrogens is 571 g/mol. The average molecular weight is 604 g/mol. The minimum Gasteiger partial charge on any atom is -0.462 e. The summed E-state index contributed by atoms with van der Waals surface area (Å²) in [5.41, 5.74) is -3.31. The van der Waals surface area contributed by atoms with Gasteiger partial charge in [0.05, 0.1) is 30.7 Å². The maximum absolute atomic E-state index is 11.8. The highest BCUT2D eigenvalue weighted by molar-refractivity contribution is 7.46. The molecule has 0 aromatic heterocycles. The minimum atomic E-state index is -5.09. The van der Waals surface area contributed by atoms with Crippen LogP contribution in [0.2, 0.25) is 0 Å². The Bertz CT molecular complexity index is 958. The van der Waals surface area contributed by atoms with Crippen LogP contribution >= 0.6 is 7.82 Å². The Morgan fingerprint density at radius 3 is 0.976 bits per heavy atom. The van der Waals surface area contributed by atoms with Crippen molar-refractivity contribution in [1.29, 1.82) is 0 Å². The predicted molar refractivity (Wildman–Crippen MR) is 139 cm³/mol. The van der Waals surface area contributed by atoms with Crippen molar-refractivity contribution in [2.45, 2.75) is 0 Å². The molecule has 0 aliphatic heterocycles. The van der Waals surface area contributed by atoms with E-state index in [4.69, 9.17) is 28.4 Å². The first-order chi connectivity index (χ1) is 19.2. The number of carbonyl (C=O) groups excluding carboxylic acids is 5. The molecule has 0 spiro atoms. The molecule has 15 nitrogen and oxygen atoms in total. The fourth-order valence-electron chi connectivity index (χ4n) is 2.62. The quantitative estimate of drug-likeness (QED) is 0.0756. The third-order valence-corrected chi connectivity index (χ3v) is 5.26. The van der Waals surface area contributed by atoms with E-state index in [1.165, 1.54) is 0 Å². The van der Waals surface area contributed by atoms with Crippen molar-refractivity contribution in [1.82, 2.24) is 0 Å². The van der Waals surface area contributed by atoms with E-state index < -0.39 is 101 Å². The Hall–Kier alpha value is -3.88. The van der Waals surface area contributed by atoms with Gasteiger partial charge in [0.2, 0.25) is 0 Å². The third kappa shape index (κ3) is 16.1. The monoisotopic (exact) mass is 604 g/mol. The molecule has 0 heterocycles. The lowest BCUT2D eigenvalue weighted by molar-refractivity contribution is -0.166. The molecule has 0 saturated heterocycles. The fourth-order valence-corrected chi connectivity index (χ4v) is 3.06. The summed E-state index contributed by atoms with van der Waals surface area (Å²) in [6.45, 7) is 11.4. The van der Waals surface area contributed by atoms with Crippen molar-refractivity contribution in [3.05, 3.63) is 63.3 Å². The summed E-state index contributed by atoms with van der Waals surface area (Å²) in [5, 5.41) is 0. The molecule has 0 radical (unpaired) electrons. The van der Waals surface area contributed by atoms with Gasteiger partial charge in [0, 0.05) is 30.4 Å². The number of rotatable bonds is 22. The van der Waals surface area contributed by atoms with Gasteiger partial charge in [-0.15, -0.1) is 0 Å². The number of hydrogen-bond acceptors (Lipinski definition) is 13. The third-order valence-electron chi connectivity index (χ3n) is 4.79. The summed E-state index contributed by atoms with van der Waals surface area (Å²) in [7, 11) is -5.09. The molecule has 0 atom stereocenters. The number of hydrogen-bond donors (Lipinski definition) is 2. The van der Waals surface area contributed by atoms with Gasteiger partial charge in [0.25, 0.3) is 0 Å². The molecule has 0 amide bonds. The van der Waals surface area contributed by atoms with Crippen LogP contribution in [0.5, 0.6) is 0 Å². The number of phosphoric acid groups is 1. The Labute approximate surface area is 236 Å². The van der Waals surface area contributed by atoms with Crippen molar-refractivity contribution in [3.8, 4) is 0 Å². The number of ether oxygens (including phenoxy) is 6. The molecule has 0 fully saturated rings. The van der Waals surface area contributed by atoms with Gasteiger partial charge in [-0.1, -0.05) is 32.9 Å². The van der Waals surface area contributed by atoms with Crippen LogP contribution in [0.25, 0.3) is 0 Å². The maximum Gasteiger partial charge on any atom is 0.469 e. The molecule has 2 N–H and O–H groups in total. The van der Waals surface area contributed by atoms with E-state index in [1.807, 2.05) is 0 Å². The number of esters is 5. The summed E-state index contributed by atoms with van der Waals surface area (Å²) >= 11 is 0. The summed E-state index contributed by atoms with van der Waals surface area (Å²) in [5.74, 6) is -4.50. The SMILES string of the molecule is C=CC(=O)OCC(COCC(COC(=O)C=C)(COC(=O)C=C)COP(=O)(O)O)(COC(=O)C=C)COC(=O)C=C. The Morgan fingerprint density at radius 2 is 0.756 bits per heavy atom. The zero-order valence-corrected chi connectivity index (χ0v) is 23.1. The first-order valence-corrected chi connectivity index (χ1v) is 13.0. The van der Waals surface area contributed by atoms with Crippen LogP contribution in [-0.2, 0) is 61.5 Å². The summed E-state index contributed by atoms with van der Waals surface area (Å²) < 4.78 is 47.1. The maximum atomic E-state index is 11.8. The van der Waals surface area contributed by atoms with Gasteiger partial charge >= 0.3 is 37.7 Å². The molecule has 41 heavy (non-hydrogen) atoms. The zero-order chi connectivity index (χ0) is 31.5. The van der Waals surface area contributed by atoms with Crippen LogP contribution in [0, 0.1) is 10.8 Å². The highest BCUT2D eigenvalue weighted by Crippen LogP contribution is 2.39. The van der Waals surface area contributed by atoms with E-state index in [0.29, 0.717) is 0 Å².